The van der Waals surface area contributed by atoms with Crippen LogP contribution in [0.1, 0.15) is 10.4 Å². The highest BCUT2D eigenvalue weighted by Crippen LogP contribution is 2.30. The summed E-state index contributed by atoms with van der Waals surface area (Å²) >= 11 is 0. The summed E-state index contributed by atoms with van der Waals surface area (Å²) in [7, 11) is 1.65. The molecule has 104 valence electrons. The largest absolute Gasteiger partial charge is 0.497 e. The average molecular weight is 278 g/mol. The first kappa shape index (κ1) is 13.2. The minimum atomic E-state index is -0.913. The number of ether oxygens (including phenoxy) is 1. The van der Waals surface area contributed by atoms with Crippen molar-refractivity contribution in [1.29, 1.82) is 0 Å². The molecule has 0 amide bonds. The van der Waals surface area contributed by atoms with Crippen LogP contribution in [0.4, 0.5) is 0 Å². The van der Waals surface area contributed by atoms with Gasteiger partial charge in [0.1, 0.15) is 5.75 Å². The maximum absolute atomic E-state index is 10.9. The van der Waals surface area contributed by atoms with Crippen LogP contribution in [-0.2, 0) is 0 Å². The molecule has 0 spiro atoms. The number of benzene rings is 3. The maximum atomic E-state index is 10.9. The van der Waals surface area contributed by atoms with E-state index in [0.29, 0.717) is 5.56 Å². The van der Waals surface area contributed by atoms with E-state index in [1.54, 1.807) is 19.2 Å². The third-order valence-corrected chi connectivity index (χ3v) is 3.53. The second-order valence-electron chi connectivity index (χ2n) is 4.78. The fourth-order valence-corrected chi connectivity index (χ4v) is 2.43. The summed E-state index contributed by atoms with van der Waals surface area (Å²) in [6, 6.07) is 18.9. The molecule has 0 radical (unpaired) electrons. The second kappa shape index (κ2) is 5.29. The Balaban J connectivity index is 2.13. The first-order valence-corrected chi connectivity index (χ1v) is 6.59. The predicted molar refractivity (Wildman–Crippen MR) is 82.9 cm³/mol. The van der Waals surface area contributed by atoms with Crippen LogP contribution in [-0.4, -0.2) is 18.2 Å². The molecule has 0 saturated heterocycles. The summed E-state index contributed by atoms with van der Waals surface area (Å²) in [4.78, 5) is 10.9. The number of aromatic carboxylic acids is 1. The minimum Gasteiger partial charge on any atom is -0.497 e. The Hall–Kier alpha value is -2.81. The Morgan fingerprint density at radius 1 is 1.00 bits per heavy atom. The Morgan fingerprint density at radius 2 is 1.76 bits per heavy atom. The fourth-order valence-electron chi connectivity index (χ4n) is 2.43. The average Bonchev–Trinajstić information content (AvgIpc) is 2.53. The molecule has 0 heterocycles. The van der Waals surface area contributed by atoms with Crippen molar-refractivity contribution in [3.63, 3.8) is 0 Å². The van der Waals surface area contributed by atoms with E-state index in [4.69, 9.17) is 9.84 Å². The molecule has 0 unspecified atom stereocenters. The lowest BCUT2D eigenvalue weighted by atomic mass is 9.97. The summed E-state index contributed by atoms with van der Waals surface area (Å²) in [5, 5.41) is 11.2. The van der Waals surface area contributed by atoms with Gasteiger partial charge in [-0.3, -0.25) is 0 Å². The van der Waals surface area contributed by atoms with E-state index in [0.717, 1.165) is 27.6 Å². The Kier molecular flexibility index (Phi) is 3.32. The van der Waals surface area contributed by atoms with Gasteiger partial charge in [-0.2, -0.15) is 0 Å². The van der Waals surface area contributed by atoms with E-state index in [1.807, 2.05) is 48.5 Å². The lowest BCUT2D eigenvalue weighted by Gasteiger charge is -2.09. The van der Waals surface area contributed by atoms with Crippen LogP contribution in [0, 0.1) is 0 Å². The lowest BCUT2D eigenvalue weighted by Crippen LogP contribution is -1.95. The highest BCUT2D eigenvalue weighted by molar-refractivity contribution is 5.98. The zero-order valence-electron chi connectivity index (χ0n) is 11.5. The molecule has 3 aromatic rings. The van der Waals surface area contributed by atoms with Gasteiger partial charge in [-0.25, -0.2) is 4.79 Å². The molecule has 0 atom stereocenters. The van der Waals surface area contributed by atoms with E-state index in [-0.39, 0.29) is 0 Å². The Bertz CT molecular complexity index is 804. The van der Waals surface area contributed by atoms with E-state index in [9.17, 15) is 4.79 Å². The molecule has 0 aliphatic carbocycles. The quantitative estimate of drug-likeness (QED) is 0.780. The molecule has 1 N–H and O–H groups in total. The number of methoxy groups -OCH3 is 1. The summed E-state index contributed by atoms with van der Waals surface area (Å²) in [6.45, 7) is 0. The van der Waals surface area contributed by atoms with Gasteiger partial charge in [-0.15, -0.1) is 0 Å². The molecule has 3 rings (SSSR count). The summed E-state index contributed by atoms with van der Waals surface area (Å²) in [6.07, 6.45) is 0. The van der Waals surface area contributed by atoms with Crippen LogP contribution in [0.5, 0.6) is 5.75 Å². The van der Waals surface area contributed by atoms with Gasteiger partial charge in [-0.1, -0.05) is 36.4 Å². The highest BCUT2D eigenvalue weighted by Gasteiger charge is 2.06. The van der Waals surface area contributed by atoms with Gasteiger partial charge in [0.15, 0.2) is 0 Å². The minimum absolute atomic E-state index is 0.292. The van der Waals surface area contributed by atoms with Gasteiger partial charge in [0, 0.05) is 0 Å². The van der Waals surface area contributed by atoms with Crippen LogP contribution >= 0.6 is 0 Å². The Labute approximate surface area is 122 Å². The summed E-state index contributed by atoms with van der Waals surface area (Å²) < 4.78 is 5.24. The van der Waals surface area contributed by atoms with Crippen LogP contribution in [0.25, 0.3) is 21.9 Å². The molecule has 21 heavy (non-hydrogen) atoms. The lowest BCUT2D eigenvalue weighted by molar-refractivity contribution is 0.0697. The molecule has 0 fully saturated rings. The van der Waals surface area contributed by atoms with Gasteiger partial charge in [0.2, 0.25) is 0 Å². The zero-order valence-corrected chi connectivity index (χ0v) is 11.5. The number of carboxylic acids is 1. The highest BCUT2D eigenvalue weighted by atomic mass is 16.5. The fraction of sp³-hybridized carbons (Fsp3) is 0.0556. The van der Waals surface area contributed by atoms with E-state index < -0.39 is 5.97 Å². The molecule has 0 bridgehead atoms. The molecular formula is C18H14O3. The van der Waals surface area contributed by atoms with Crippen molar-refractivity contribution in [2.24, 2.45) is 0 Å². The number of carbonyl (C=O) groups is 1. The second-order valence-corrected chi connectivity index (χ2v) is 4.78. The van der Waals surface area contributed by atoms with Gasteiger partial charge >= 0.3 is 5.97 Å². The van der Waals surface area contributed by atoms with E-state index in [2.05, 4.69) is 0 Å². The standard InChI is InChI=1S/C18H14O3/c1-21-15-9-10-17-14(11-15)3-2-4-16(17)12-5-7-13(8-6-12)18(19)20/h2-11H,1H3,(H,19,20). The number of rotatable bonds is 3. The van der Waals surface area contributed by atoms with Crippen LogP contribution in [0.3, 0.4) is 0 Å². The van der Waals surface area contributed by atoms with E-state index in [1.165, 1.54) is 0 Å². The van der Waals surface area contributed by atoms with Crippen molar-refractivity contribution in [2.45, 2.75) is 0 Å². The normalized spacial score (nSPS) is 10.5. The molecule has 0 saturated carbocycles. The van der Waals surface area contributed by atoms with Crippen molar-refractivity contribution in [2.75, 3.05) is 7.11 Å². The van der Waals surface area contributed by atoms with Gasteiger partial charge in [0.05, 0.1) is 12.7 Å². The molecule has 0 aliphatic heterocycles. The molecule has 3 heteroatoms. The topological polar surface area (TPSA) is 46.5 Å². The first-order valence-electron chi connectivity index (χ1n) is 6.59. The number of carboxylic acid groups (broad SMARTS) is 1. The van der Waals surface area contributed by atoms with E-state index >= 15 is 0 Å². The molecular weight excluding hydrogens is 264 g/mol. The zero-order chi connectivity index (χ0) is 14.8. The summed E-state index contributed by atoms with van der Waals surface area (Å²) in [5.41, 5.74) is 2.36. The van der Waals surface area contributed by atoms with Crippen molar-refractivity contribution >= 4 is 16.7 Å². The number of fused-ring (bicyclic) bond motifs is 1. The van der Waals surface area contributed by atoms with Crippen molar-refractivity contribution in [1.82, 2.24) is 0 Å². The molecule has 3 aromatic carbocycles. The van der Waals surface area contributed by atoms with Crippen molar-refractivity contribution in [3.05, 3.63) is 66.2 Å². The van der Waals surface area contributed by atoms with Gasteiger partial charge in [-0.05, 0) is 46.2 Å². The monoisotopic (exact) mass is 278 g/mol. The molecule has 0 aliphatic rings. The van der Waals surface area contributed by atoms with Crippen LogP contribution in [0.15, 0.2) is 60.7 Å². The molecule has 0 aromatic heterocycles. The third-order valence-electron chi connectivity index (χ3n) is 3.53. The SMILES string of the molecule is COc1ccc2c(-c3ccc(C(=O)O)cc3)cccc2c1. The first-order chi connectivity index (χ1) is 10.2. The van der Waals surface area contributed by atoms with Crippen LogP contribution in [0.2, 0.25) is 0 Å². The van der Waals surface area contributed by atoms with Gasteiger partial charge in [0.25, 0.3) is 0 Å². The van der Waals surface area contributed by atoms with Crippen LogP contribution < -0.4 is 4.74 Å². The summed E-state index contributed by atoms with van der Waals surface area (Å²) in [5.74, 6) is -0.0925. The number of hydrogen-bond acceptors (Lipinski definition) is 2. The molecule has 3 nitrogen and oxygen atoms in total. The van der Waals surface area contributed by atoms with Crippen molar-refractivity contribution < 1.29 is 14.6 Å². The van der Waals surface area contributed by atoms with Crippen molar-refractivity contribution in [3.8, 4) is 16.9 Å². The third kappa shape index (κ3) is 2.46. The predicted octanol–water partition coefficient (Wildman–Crippen LogP) is 4.21. The Morgan fingerprint density at radius 3 is 2.43 bits per heavy atom. The van der Waals surface area contributed by atoms with Gasteiger partial charge < -0.3 is 9.84 Å². The number of hydrogen-bond donors (Lipinski definition) is 1. The smallest absolute Gasteiger partial charge is 0.335 e. The maximum Gasteiger partial charge on any atom is 0.335 e.